The molecule has 9 heteroatoms. The standard InChI is InChI=1S/C24H29F3N2O4/c1-14(2)10-15(29(22(30)31)23(3,4)5)13-32-16-6-7-18-17-8-9-28-12-19(17)21(24(25,26)27)33-20(18)11-16/h6-9,11-12,14-15,21H,10,13H2,1-5H3,(H,30,31)/t15-,21?/m0/s1. The lowest BCUT2D eigenvalue weighted by atomic mass is 9.94. The number of benzene rings is 1. The molecule has 0 spiro atoms. The molecule has 2 aromatic rings. The Bertz CT molecular complexity index is 1000. The van der Waals surface area contributed by atoms with E-state index in [9.17, 15) is 23.1 Å². The maximum atomic E-state index is 13.6. The van der Waals surface area contributed by atoms with E-state index in [-0.39, 0.29) is 23.8 Å². The van der Waals surface area contributed by atoms with Gasteiger partial charge in [-0.3, -0.25) is 9.88 Å². The molecule has 6 nitrogen and oxygen atoms in total. The first-order chi connectivity index (χ1) is 15.3. The number of nitrogens with zero attached hydrogens (tertiary/aromatic N) is 2. The molecule has 33 heavy (non-hydrogen) atoms. The van der Waals surface area contributed by atoms with Crippen LogP contribution >= 0.6 is 0 Å². The predicted octanol–water partition coefficient (Wildman–Crippen LogP) is 6.32. The van der Waals surface area contributed by atoms with Gasteiger partial charge in [0.25, 0.3) is 0 Å². The number of hydrogen-bond acceptors (Lipinski definition) is 4. The Labute approximate surface area is 191 Å². The van der Waals surface area contributed by atoms with Crippen LogP contribution in [0.25, 0.3) is 11.1 Å². The van der Waals surface area contributed by atoms with Gasteiger partial charge in [-0.05, 0) is 56.9 Å². The molecule has 1 amide bonds. The van der Waals surface area contributed by atoms with Gasteiger partial charge < -0.3 is 14.6 Å². The highest BCUT2D eigenvalue weighted by Gasteiger charge is 2.46. The fourth-order valence-electron chi connectivity index (χ4n) is 4.18. The van der Waals surface area contributed by atoms with Crippen LogP contribution in [0.15, 0.2) is 36.7 Å². The summed E-state index contributed by atoms with van der Waals surface area (Å²) in [5.41, 5.74) is 0.236. The second kappa shape index (κ2) is 9.11. The summed E-state index contributed by atoms with van der Waals surface area (Å²) >= 11 is 0. The van der Waals surface area contributed by atoms with Gasteiger partial charge in [0, 0.05) is 35.1 Å². The second-order valence-corrected chi connectivity index (χ2v) is 9.58. The van der Waals surface area contributed by atoms with Crippen molar-refractivity contribution in [1.82, 2.24) is 9.88 Å². The fourth-order valence-corrected chi connectivity index (χ4v) is 4.18. The van der Waals surface area contributed by atoms with E-state index in [0.29, 0.717) is 23.3 Å². The quantitative estimate of drug-likeness (QED) is 0.540. The molecule has 180 valence electrons. The summed E-state index contributed by atoms with van der Waals surface area (Å²) in [5, 5.41) is 9.78. The van der Waals surface area contributed by atoms with Gasteiger partial charge in [-0.2, -0.15) is 13.2 Å². The van der Waals surface area contributed by atoms with Crippen molar-refractivity contribution in [2.45, 2.75) is 64.9 Å². The largest absolute Gasteiger partial charge is 0.491 e. The summed E-state index contributed by atoms with van der Waals surface area (Å²) in [6.07, 6.45) is -4.60. The van der Waals surface area contributed by atoms with Gasteiger partial charge in [-0.15, -0.1) is 0 Å². The molecule has 0 aliphatic carbocycles. The van der Waals surface area contributed by atoms with Crippen molar-refractivity contribution in [3.63, 3.8) is 0 Å². The molecule has 1 unspecified atom stereocenters. The average molecular weight is 467 g/mol. The number of aromatic nitrogens is 1. The van der Waals surface area contributed by atoms with Gasteiger partial charge >= 0.3 is 12.3 Å². The molecule has 1 aromatic heterocycles. The SMILES string of the molecule is CC(C)C[C@@H](COc1ccc2c(c1)OC(C(F)(F)F)c1cnccc1-2)N(C(=O)O)C(C)(C)C. The third-order valence-corrected chi connectivity index (χ3v) is 5.40. The Morgan fingerprint density at radius 3 is 2.48 bits per heavy atom. The normalized spacial score (nSPS) is 16.5. The minimum Gasteiger partial charge on any atom is -0.491 e. The lowest BCUT2D eigenvalue weighted by Crippen LogP contribution is -2.53. The van der Waals surface area contributed by atoms with Gasteiger partial charge in [-0.25, -0.2) is 4.79 Å². The Balaban J connectivity index is 1.89. The zero-order valence-corrected chi connectivity index (χ0v) is 19.3. The minimum absolute atomic E-state index is 0.0366. The topological polar surface area (TPSA) is 71.9 Å². The van der Waals surface area contributed by atoms with Crippen molar-refractivity contribution >= 4 is 6.09 Å². The number of carboxylic acid groups (broad SMARTS) is 1. The molecular weight excluding hydrogens is 437 g/mol. The van der Waals surface area contributed by atoms with Crippen LogP contribution in [0.2, 0.25) is 0 Å². The number of pyridine rings is 1. The van der Waals surface area contributed by atoms with Gasteiger partial charge in [0.1, 0.15) is 18.1 Å². The molecule has 3 rings (SSSR count). The van der Waals surface area contributed by atoms with Gasteiger partial charge in [-0.1, -0.05) is 13.8 Å². The zero-order valence-electron chi connectivity index (χ0n) is 19.3. The summed E-state index contributed by atoms with van der Waals surface area (Å²) in [6.45, 7) is 9.47. The van der Waals surface area contributed by atoms with Gasteiger partial charge in [0.15, 0.2) is 0 Å². The van der Waals surface area contributed by atoms with Crippen LogP contribution in [-0.2, 0) is 0 Å². The van der Waals surface area contributed by atoms with Crippen LogP contribution in [-0.4, -0.2) is 45.4 Å². The van der Waals surface area contributed by atoms with Gasteiger partial charge in [0.05, 0.1) is 6.04 Å². The molecule has 1 aliphatic rings. The Morgan fingerprint density at radius 1 is 1.21 bits per heavy atom. The average Bonchev–Trinajstić information content (AvgIpc) is 2.68. The molecule has 0 saturated carbocycles. The van der Waals surface area contributed by atoms with Crippen molar-refractivity contribution in [3.8, 4) is 22.6 Å². The van der Waals surface area contributed by atoms with E-state index in [2.05, 4.69) is 4.98 Å². The Hall–Kier alpha value is -2.97. The first-order valence-corrected chi connectivity index (χ1v) is 10.8. The molecule has 1 N–H and O–H groups in total. The number of amides is 1. The molecule has 0 saturated heterocycles. The number of carbonyl (C=O) groups is 1. The van der Waals surface area contributed by atoms with E-state index >= 15 is 0 Å². The van der Waals surface area contributed by atoms with E-state index in [1.165, 1.54) is 29.4 Å². The van der Waals surface area contributed by atoms with E-state index in [4.69, 9.17) is 9.47 Å². The monoisotopic (exact) mass is 466 g/mol. The molecule has 1 aliphatic heterocycles. The van der Waals surface area contributed by atoms with Crippen LogP contribution in [0.1, 0.15) is 52.7 Å². The molecule has 1 aromatic carbocycles. The lowest BCUT2D eigenvalue weighted by molar-refractivity contribution is -0.198. The predicted molar refractivity (Wildman–Crippen MR) is 117 cm³/mol. The number of rotatable bonds is 6. The van der Waals surface area contributed by atoms with E-state index < -0.39 is 30.0 Å². The van der Waals surface area contributed by atoms with Crippen LogP contribution in [0.4, 0.5) is 18.0 Å². The zero-order chi connectivity index (χ0) is 24.6. The summed E-state index contributed by atoms with van der Waals surface area (Å²) in [4.78, 5) is 17.1. The highest BCUT2D eigenvalue weighted by molar-refractivity contribution is 5.76. The molecular formula is C24H29F3N2O4. The number of alkyl halides is 3. The maximum absolute atomic E-state index is 13.6. The van der Waals surface area contributed by atoms with Crippen molar-refractivity contribution in [1.29, 1.82) is 0 Å². The number of ether oxygens (including phenoxy) is 2. The highest BCUT2D eigenvalue weighted by Crippen LogP contribution is 2.48. The molecule has 0 radical (unpaired) electrons. The molecule has 0 fully saturated rings. The lowest BCUT2D eigenvalue weighted by Gasteiger charge is -2.40. The second-order valence-electron chi connectivity index (χ2n) is 9.58. The van der Waals surface area contributed by atoms with E-state index in [1.54, 1.807) is 12.1 Å². The van der Waals surface area contributed by atoms with Crippen LogP contribution in [0, 0.1) is 5.92 Å². The van der Waals surface area contributed by atoms with Crippen molar-refractivity contribution < 1.29 is 32.5 Å². The summed E-state index contributed by atoms with van der Waals surface area (Å²) < 4.78 is 52.1. The molecule has 0 bridgehead atoms. The minimum atomic E-state index is -4.61. The Kier molecular flexibility index (Phi) is 6.81. The van der Waals surface area contributed by atoms with Crippen LogP contribution in [0.5, 0.6) is 11.5 Å². The van der Waals surface area contributed by atoms with Crippen molar-refractivity contribution in [2.75, 3.05) is 6.61 Å². The smallest absolute Gasteiger partial charge is 0.429 e. The number of fused-ring (bicyclic) bond motifs is 3. The molecule has 2 heterocycles. The van der Waals surface area contributed by atoms with E-state index in [1.807, 2.05) is 34.6 Å². The third kappa shape index (κ3) is 5.51. The summed E-state index contributed by atoms with van der Waals surface area (Å²) in [6, 6.07) is 5.81. The van der Waals surface area contributed by atoms with Crippen molar-refractivity contribution in [3.05, 3.63) is 42.2 Å². The van der Waals surface area contributed by atoms with E-state index in [0.717, 1.165) is 0 Å². The van der Waals surface area contributed by atoms with Crippen molar-refractivity contribution in [2.24, 2.45) is 5.92 Å². The summed E-state index contributed by atoms with van der Waals surface area (Å²) in [7, 11) is 0. The van der Waals surface area contributed by atoms with Gasteiger partial charge in [0.2, 0.25) is 6.10 Å². The maximum Gasteiger partial charge on any atom is 0.429 e. The fraction of sp³-hybridized carbons (Fsp3) is 0.500. The Morgan fingerprint density at radius 2 is 1.91 bits per heavy atom. The first-order valence-electron chi connectivity index (χ1n) is 10.8. The first kappa shape index (κ1) is 24.7. The van der Waals surface area contributed by atoms with Crippen LogP contribution in [0.3, 0.4) is 0 Å². The summed E-state index contributed by atoms with van der Waals surface area (Å²) in [5.74, 6) is 0.576. The molecule has 2 atom stereocenters. The number of halogens is 3. The van der Waals surface area contributed by atoms with Crippen LogP contribution < -0.4 is 9.47 Å². The highest BCUT2D eigenvalue weighted by atomic mass is 19.4. The third-order valence-electron chi connectivity index (χ3n) is 5.40. The number of hydrogen-bond donors (Lipinski definition) is 1.